The number of carboxylic acids is 1. The Hall–Kier alpha value is -2.24. The van der Waals surface area contributed by atoms with Crippen molar-refractivity contribution in [1.29, 1.82) is 0 Å². The molecule has 1 aromatic rings. The molecule has 0 spiro atoms. The van der Waals surface area contributed by atoms with Crippen LogP contribution >= 0.6 is 0 Å². The summed E-state index contributed by atoms with van der Waals surface area (Å²) in [6.45, 7) is 4.92. The van der Waals surface area contributed by atoms with Gasteiger partial charge in [-0.05, 0) is 18.1 Å². The number of ketones is 1. The van der Waals surface area contributed by atoms with Gasteiger partial charge in [-0.1, -0.05) is 32.9 Å². The molecule has 1 aromatic carbocycles. The van der Waals surface area contributed by atoms with E-state index < -0.39 is 29.7 Å². The Morgan fingerprint density at radius 3 is 2.36 bits per heavy atom. The largest absolute Gasteiger partial charge is 0.480 e. The predicted molar refractivity (Wildman–Crippen MR) is 78.9 cm³/mol. The molecular weight excluding hydrogens is 289 g/mol. The second-order valence-electron chi connectivity index (χ2n) is 5.61. The van der Waals surface area contributed by atoms with Crippen molar-refractivity contribution in [3.63, 3.8) is 0 Å². The Bertz CT molecular complexity index is 571. The summed E-state index contributed by atoms with van der Waals surface area (Å²) in [6, 6.07) is 4.26. The lowest BCUT2D eigenvalue weighted by Gasteiger charge is -2.19. The van der Waals surface area contributed by atoms with Crippen LogP contribution in [0.2, 0.25) is 0 Å². The minimum Gasteiger partial charge on any atom is -0.480 e. The molecular formula is C16H20FNO4. The molecule has 1 rings (SSSR count). The molecule has 1 amide bonds. The lowest BCUT2D eigenvalue weighted by molar-refractivity contribution is -0.143. The Labute approximate surface area is 128 Å². The first-order valence-corrected chi connectivity index (χ1v) is 7.04. The van der Waals surface area contributed by atoms with Crippen molar-refractivity contribution in [3.8, 4) is 0 Å². The van der Waals surface area contributed by atoms with Gasteiger partial charge in [0.25, 0.3) is 0 Å². The maximum atomic E-state index is 13.1. The highest BCUT2D eigenvalue weighted by Crippen LogP contribution is 2.14. The number of aliphatic carboxylic acids is 1. The van der Waals surface area contributed by atoms with E-state index in [1.54, 1.807) is 20.8 Å². The molecule has 1 unspecified atom stereocenters. The van der Waals surface area contributed by atoms with Gasteiger partial charge >= 0.3 is 5.97 Å². The summed E-state index contributed by atoms with van der Waals surface area (Å²) in [7, 11) is 0. The van der Waals surface area contributed by atoms with Gasteiger partial charge in [-0.15, -0.1) is 0 Å². The average molecular weight is 309 g/mol. The van der Waals surface area contributed by atoms with E-state index >= 15 is 0 Å². The Balaban J connectivity index is 2.67. The minimum atomic E-state index is -1.12. The second kappa shape index (κ2) is 7.68. The molecule has 0 aromatic heterocycles. The van der Waals surface area contributed by atoms with E-state index in [4.69, 9.17) is 5.11 Å². The number of hydrogen-bond donors (Lipinski definition) is 2. The molecule has 22 heavy (non-hydrogen) atoms. The number of nitrogens with one attached hydrogen (secondary N) is 1. The lowest BCUT2D eigenvalue weighted by Crippen LogP contribution is -2.45. The lowest BCUT2D eigenvalue weighted by atomic mass is 9.95. The fourth-order valence-corrected chi connectivity index (χ4v) is 2.04. The first-order chi connectivity index (χ1) is 10.2. The van der Waals surface area contributed by atoms with Gasteiger partial charge in [0.05, 0.1) is 0 Å². The van der Waals surface area contributed by atoms with Crippen LogP contribution in [0, 0.1) is 17.7 Å². The van der Waals surface area contributed by atoms with E-state index in [0.29, 0.717) is 0 Å². The molecule has 0 aliphatic rings. The van der Waals surface area contributed by atoms with E-state index in [0.717, 1.165) is 6.07 Å². The van der Waals surface area contributed by atoms with Gasteiger partial charge < -0.3 is 10.4 Å². The van der Waals surface area contributed by atoms with Crippen molar-refractivity contribution in [2.45, 2.75) is 33.2 Å². The number of halogens is 1. The summed E-state index contributed by atoms with van der Waals surface area (Å²) in [5.74, 6) is -3.44. The minimum absolute atomic E-state index is 0.147. The van der Waals surface area contributed by atoms with Crippen molar-refractivity contribution in [2.75, 3.05) is 0 Å². The highest BCUT2D eigenvalue weighted by molar-refractivity contribution is 5.99. The maximum Gasteiger partial charge on any atom is 0.326 e. The summed E-state index contributed by atoms with van der Waals surface area (Å²) < 4.78 is 13.1. The molecule has 0 heterocycles. The first kappa shape index (κ1) is 17.8. The molecule has 2 N–H and O–H groups in total. The average Bonchev–Trinajstić information content (AvgIpc) is 2.43. The van der Waals surface area contributed by atoms with Crippen LogP contribution in [0.4, 0.5) is 4.39 Å². The van der Waals surface area contributed by atoms with Crippen molar-refractivity contribution < 1.29 is 23.9 Å². The molecule has 2 atom stereocenters. The number of hydrogen-bond acceptors (Lipinski definition) is 3. The van der Waals surface area contributed by atoms with Gasteiger partial charge in [-0.3, -0.25) is 9.59 Å². The topological polar surface area (TPSA) is 83.5 Å². The van der Waals surface area contributed by atoms with Gasteiger partial charge in [0.1, 0.15) is 11.9 Å². The number of amides is 1. The highest BCUT2D eigenvalue weighted by Gasteiger charge is 2.25. The van der Waals surface area contributed by atoms with Gasteiger partial charge in [-0.2, -0.15) is 0 Å². The number of carbonyl (C=O) groups is 3. The van der Waals surface area contributed by atoms with Crippen LogP contribution in [0.3, 0.4) is 0 Å². The molecule has 5 nitrogen and oxygen atoms in total. The molecule has 0 radical (unpaired) electrons. The van der Waals surface area contributed by atoms with Crippen LogP contribution in [-0.2, 0) is 9.59 Å². The summed E-state index contributed by atoms with van der Waals surface area (Å²) >= 11 is 0. The second-order valence-corrected chi connectivity index (χ2v) is 5.61. The number of carbonyl (C=O) groups excluding carboxylic acids is 2. The van der Waals surface area contributed by atoms with Gasteiger partial charge in [0.15, 0.2) is 5.78 Å². The zero-order valence-corrected chi connectivity index (χ0v) is 12.8. The predicted octanol–water partition coefficient (Wildman–Crippen LogP) is 2.26. The standard InChI is InChI=1S/C16H20FNO4/c1-9(2)14(16(21)22)18-13(19)7-10(3)15(20)11-5-4-6-12(17)8-11/h4-6,8-10,14H,7H2,1-3H3,(H,18,19)(H,21,22)/t10?,14-/m0/s1. The summed E-state index contributed by atoms with van der Waals surface area (Å²) in [5.41, 5.74) is 0.193. The molecule has 0 aliphatic heterocycles. The smallest absolute Gasteiger partial charge is 0.326 e. The maximum absolute atomic E-state index is 13.1. The summed E-state index contributed by atoms with van der Waals surface area (Å²) in [4.78, 5) is 35.0. The first-order valence-electron chi connectivity index (χ1n) is 7.04. The zero-order valence-electron chi connectivity index (χ0n) is 12.8. The zero-order chi connectivity index (χ0) is 16.9. The number of rotatable bonds is 7. The highest BCUT2D eigenvalue weighted by atomic mass is 19.1. The van der Waals surface area contributed by atoms with Crippen molar-refractivity contribution in [2.24, 2.45) is 11.8 Å². The Morgan fingerprint density at radius 1 is 1.23 bits per heavy atom. The normalized spacial score (nSPS) is 13.5. The fourth-order valence-electron chi connectivity index (χ4n) is 2.04. The number of benzene rings is 1. The van der Waals surface area contributed by atoms with Crippen LogP contribution in [0.25, 0.3) is 0 Å². The van der Waals surface area contributed by atoms with Gasteiger partial charge in [-0.25, -0.2) is 9.18 Å². The number of carboxylic acid groups (broad SMARTS) is 1. The van der Waals surface area contributed by atoms with E-state index in [2.05, 4.69) is 5.32 Å². The monoisotopic (exact) mass is 309 g/mol. The molecule has 6 heteroatoms. The van der Waals surface area contributed by atoms with Gasteiger partial charge in [0.2, 0.25) is 5.91 Å². The van der Waals surface area contributed by atoms with E-state index in [-0.39, 0.29) is 23.7 Å². The quantitative estimate of drug-likeness (QED) is 0.757. The third-order valence-corrected chi connectivity index (χ3v) is 3.30. The van der Waals surface area contributed by atoms with E-state index in [1.165, 1.54) is 18.2 Å². The summed E-state index contributed by atoms with van der Waals surface area (Å²) in [5, 5.41) is 11.4. The fraction of sp³-hybridized carbons (Fsp3) is 0.438. The summed E-state index contributed by atoms with van der Waals surface area (Å²) in [6.07, 6.45) is -0.147. The Kier molecular flexibility index (Phi) is 6.22. The molecule has 0 bridgehead atoms. The third kappa shape index (κ3) is 4.95. The van der Waals surface area contributed by atoms with Crippen LogP contribution in [0.15, 0.2) is 24.3 Å². The van der Waals surface area contributed by atoms with Crippen molar-refractivity contribution in [3.05, 3.63) is 35.6 Å². The molecule has 0 saturated heterocycles. The van der Waals surface area contributed by atoms with Gasteiger partial charge in [0, 0.05) is 17.9 Å². The molecule has 0 fully saturated rings. The third-order valence-electron chi connectivity index (χ3n) is 3.30. The SMILES string of the molecule is CC(CC(=O)N[C@H](C(=O)O)C(C)C)C(=O)c1cccc(F)c1. The van der Waals surface area contributed by atoms with Crippen LogP contribution in [0.1, 0.15) is 37.6 Å². The van der Waals surface area contributed by atoms with Crippen LogP contribution in [0.5, 0.6) is 0 Å². The molecule has 0 aliphatic carbocycles. The van der Waals surface area contributed by atoms with Crippen LogP contribution in [-0.4, -0.2) is 28.8 Å². The van der Waals surface area contributed by atoms with E-state index in [1.807, 2.05) is 0 Å². The van der Waals surface area contributed by atoms with E-state index in [9.17, 15) is 18.8 Å². The van der Waals surface area contributed by atoms with Crippen LogP contribution < -0.4 is 5.32 Å². The number of Topliss-reactive ketones (excluding diaryl/α,β-unsaturated/α-hetero) is 1. The van der Waals surface area contributed by atoms with Crippen molar-refractivity contribution in [1.82, 2.24) is 5.32 Å². The van der Waals surface area contributed by atoms with Crippen molar-refractivity contribution >= 4 is 17.7 Å². The Morgan fingerprint density at radius 2 is 1.86 bits per heavy atom. The molecule has 120 valence electrons. The molecule has 0 saturated carbocycles.